The molecule has 2 saturated carbocycles. The fourth-order valence-corrected chi connectivity index (χ4v) is 7.15. The largest absolute Gasteiger partial charge is 0.468 e. The summed E-state index contributed by atoms with van der Waals surface area (Å²) in [4.78, 5) is 11.7. The van der Waals surface area contributed by atoms with E-state index in [4.69, 9.17) is 9.47 Å². The van der Waals surface area contributed by atoms with Crippen molar-refractivity contribution in [3.05, 3.63) is 29.3 Å². The molecule has 0 amide bonds. The Morgan fingerprint density at radius 3 is 2.86 bits per heavy atom. The second-order valence-corrected chi connectivity index (χ2v) is 10.5. The van der Waals surface area contributed by atoms with E-state index in [9.17, 15) is 15.0 Å². The van der Waals surface area contributed by atoms with E-state index in [1.165, 1.54) is 22.9 Å². The molecule has 29 heavy (non-hydrogen) atoms. The van der Waals surface area contributed by atoms with Gasteiger partial charge in [-0.25, -0.2) is 0 Å². The molecule has 1 aromatic carbocycles. The third-order valence-electron chi connectivity index (χ3n) is 7.69. The van der Waals surface area contributed by atoms with E-state index in [1.807, 2.05) is 6.07 Å². The van der Waals surface area contributed by atoms with Crippen molar-refractivity contribution in [2.45, 2.75) is 57.7 Å². The molecule has 7 atom stereocenters. The smallest absolute Gasteiger partial charge is 0.188 e. The molecule has 0 bridgehead atoms. The lowest BCUT2D eigenvalue weighted by atomic mass is 9.53. The van der Waals surface area contributed by atoms with Gasteiger partial charge in [0, 0.05) is 19.8 Å². The number of carbonyl (C=O) groups is 1. The highest BCUT2D eigenvalue weighted by Gasteiger charge is 2.59. The molecule has 0 spiro atoms. The molecule has 0 aromatic heterocycles. The summed E-state index contributed by atoms with van der Waals surface area (Å²) >= 11 is 1.41. The Bertz CT molecular complexity index is 768. The van der Waals surface area contributed by atoms with Crippen molar-refractivity contribution in [3.63, 3.8) is 0 Å². The molecule has 1 aromatic rings. The molecule has 4 rings (SSSR count). The van der Waals surface area contributed by atoms with Gasteiger partial charge in [-0.2, -0.15) is 0 Å². The molecule has 3 unspecified atom stereocenters. The zero-order valence-corrected chi connectivity index (χ0v) is 18.3. The van der Waals surface area contributed by atoms with Gasteiger partial charge in [0.2, 0.25) is 0 Å². The van der Waals surface area contributed by atoms with Crippen LogP contribution in [0.2, 0.25) is 0 Å². The van der Waals surface area contributed by atoms with Crippen LogP contribution in [-0.4, -0.2) is 47.2 Å². The second kappa shape index (κ2) is 8.22. The van der Waals surface area contributed by atoms with E-state index in [-0.39, 0.29) is 23.2 Å². The number of ether oxygens (including phenoxy) is 2. The summed E-state index contributed by atoms with van der Waals surface area (Å²) in [7, 11) is 1.61. The number of thioether (sulfide) groups is 1. The molecule has 3 aliphatic carbocycles. The Morgan fingerprint density at radius 1 is 1.34 bits per heavy atom. The Morgan fingerprint density at radius 2 is 2.14 bits per heavy atom. The van der Waals surface area contributed by atoms with Crippen molar-refractivity contribution in [2.24, 2.45) is 23.2 Å². The number of benzene rings is 1. The Balaban J connectivity index is 1.68. The summed E-state index contributed by atoms with van der Waals surface area (Å²) in [6, 6.07) is 6.34. The first kappa shape index (κ1) is 21.2. The van der Waals surface area contributed by atoms with Gasteiger partial charge in [0.1, 0.15) is 5.75 Å². The van der Waals surface area contributed by atoms with Gasteiger partial charge in [-0.1, -0.05) is 24.8 Å². The van der Waals surface area contributed by atoms with Gasteiger partial charge >= 0.3 is 0 Å². The van der Waals surface area contributed by atoms with Crippen LogP contribution in [-0.2, 0) is 16.0 Å². The van der Waals surface area contributed by atoms with Gasteiger partial charge in [0.05, 0.1) is 12.2 Å². The van der Waals surface area contributed by atoms with Crippen molar-refractivity contribution in [1.82, 2.24) is 0 Å². The summed E-state index contributed by atoms with van der Waals surface area (Å²) < 4.78 is 10.7. The van der Waals surface area contributed by atoms with Crippen LogP contribution in [0.4, 0.5) is 0 Å². The average Bonchev–Trinajstić information content (AvgIpc) is 2.93. The molecule has 0 aliphatic heterocycles. The molecule has 0 saturated heterocycles. The minimum Gasteiger partial charge on any atom is -0.468 e. The van der Waals surface area contributed by atoms with E-state index in [0.29, 0.717) is 24.2 Å². The number of methoxy groups -OCH3 is 1. The fraction of sp³-hybridized carbons (Fsp3) is 0.696. The number of fused-ring (bicyclic) bond motifs is 5. The molecule has 0 heterocycles. The van der Waals surface area contributed by atoms with E-state index in [1.54, 1.807) is 14.0 Å². The topological polar surface area (TPSA) is 76.0 Å². The van der Waals surface area contributed by atoms with Gasteiger partial charge in [0.25, 0.3) is 0 Å². The lowest BCUT2D eigenvalue weighted by molar-refractivity contribution is -0.109. The van der Waals surface area contributed by atoms with Crippen molar-refractivity contribution in [1.29, 1.82) is 0 Å². The number of aliphatic hydroxyl groups excluding tert-OH is 2. The van der Waals surface area contributed by atoms with Gasteiger partial charge in [0.15, 0.2) is 11.9 Å². The number of aliphatic hydroxyl groups is 2. The number of hydrogen-bond donors (Lipinski definition) is 2. The number of carbonyl (C=O) groups excluding carboxylic acids is 1. The number of hydrogen-bond acceptors (Lipinski definition) is 6. The number of rotatable bonds is 5. The van der Waals surface area contributed by atoms with Crippen LogP contribution >= 0.6 is 11.8 Å². The van der Waals surface area contributed by atoms with Crippen LogP contribution in [0.1, 0.15) is 50.2 Å². The molecule has 6 heteroatoms. The summed E-state index contributed by atoms with van der Waals surface area (Å²) in [5.74, 6) is 3.02. The SMILES string of the molecule is COCOc1ccc2c(c1)C[C@@H](CSC(C)=O)C1C2CC[C@@]2(C)C1C[C@H](O)[C@@H]2O. The van der Waals surface area contributed by atoms with Crippen molar-refractivity contribution in [2.75, 3.05) is 19.7 Å². The Hall–Kier alpha value is -1.08. The average molecular weight is 421 g/mol. The molecule has 5 nitrogen and oxygen atoms in total. The third-order valence-corrected chi connectivity index (χ3v) is 8.69. The van der Waals surface area contributed by atoms with Gasteiger partial charge in [-0.05, 0) is 78.0 Å². The maximum atomic E-state index is 11.7. The Labute approximate surface area is 177 Å². The van der Waals surface area contributed by atoms with Crippen LogP contribution in [0.15, 0.2) is 18.2 Å². The van der Waals surface area contributed by atoms with Crippen LogP contribution in [0.3, 0.4) is 0 Å². The lowest BCUT2D eigenvalue weighted by Gasteiger charge is -2.52. The normalized spacial score (nSPS) is 38.1. The fourth-order valence-electron chi connectivity index (χ4n) is 6.36. The quantitative estimate of drug-likeness (QED) is 0.712. The first-order chi connectivity index (χ1) is 13.8. The van der Waals surface area contributed by atoms with Crippen molar-refractivity contribution in [3.8, 4) is 5.75 Å². The van der Waals surface area contributed by atoms with Crippen LogP contribution in [0.25, 0.3) is 0 Å². The van der Waals surface area contributed by atoms with Crippen LogP contribution < -0.4 is 4.74 Å². The third kappa shape index (κ3) is 3.73. The second-order valence-electron chi connectivity index (χ2n) is 9.26. The van der Waals surface area contributed by atoms with Gasteiger partial charge < -0.3 is 19.7 Å². The highest BCUT2D eigenvalue weighted by molar-refractivity contribution is 8.13. The molecule has 160 valence electrons. The summed E-state index contributed by atoms with van der Waals surface area (Å²) in [5.41, 5.74) is 2.44. The highest BCUT2D eigenvalue weighted by Crippen LogP contribution is 2.62. The van der Waals surface area contributed by atoms with Crippen molar-refractivity contribution < 1.29 is 24.5 Å². The van der Waals surface area contributed by atoms with Crippen LogP contribution in [0.5, 0.6) is 5.75 Å². The molecular weight excluding hydrogens is 388 g/mol. The zero-order valence-electron chi connectivity index (χ0n) is 17.5. The first-order valence-corrected chi connectivity index (χ1v) is 11.6. The predicted octanol–water partition coefficient (Wildman–Crippen LogP) is 3.36. The predicted molar refractivity (Wildman–Crippen MR) is 113 cm³/mol. The summed E-state index contributed by atoms with van der Waals surface area (Å²) in [6.07, 6.45) is 2.19. The van der Waals surface area contributed by atoms with Gasteiger partial charge in [-0.3, -0.25) is 4.79 Å². The molecule has 0 radical (unpaired) electrons. The minimum atomic E-state index is -0.652. The zero-order chi connectivity index (χ0) is 20.8. The minimum absolute atomic E-state index is 0.148. The lowest BCUT2D eigenvalue weighted by Crippen LogP contribution is -2.48. The van der Waals surface area contributed by atoms with Crippen LogP contribution in [0, 0.1) is 23.2 Å². The maximum Gasteiger partial charge on any atom is 0.188 e. The molecular formula is C23H32O5S. The van der Waals surface area contributed by atoms with E-state index >= 15 is 0 Å². The van der Waals surface area contributed by atoms with Crippen molar-refractivity contribution >= 4 is 16.9 Å². The summed E-state index contributed by atoms with van der Waals surface area (Å²) in [6.45, 7) is 4.01. The van der Waals surface area contributed by atoms with E-state index < -0.39 is 12.2 Å². The standard InChI is InChI=1S/C23H32O5S/c1-13(24)29-11-15-8-14-9-16(28-12-27-3)4-5-17(14)18-6-7-23(2)19(21(15)18)10-20(25)22(23)26/h4-5,9,15,18-22,25-26H,6-8,10-12H2,1-3H3/t15-,18?,19?,20-,21?,22-,23-/m0/s1. The maximum absolute atomic E-state index is 11.7. The molecule has 2 N–H and O–H groups in total. The Kier molecular flexibility index (Phi) is 6.00. The highest BCUT2D eigenvalue weighted by atomic mass is 32.2. The van der Waals surface area contributed by atoms with E-state index in [0.717, 1.165) is 30.8 Å². The van der Waals surface area contributed by atoms with E-state index in [2.05, 4.69) is 19.1 Å². The van der Waals surface area contributed by atoms with Gasteiger partial charge in [-0.15, -0.1) is 0 Å². The summed E-state index contributed by atoms with van der Waals surface area (Å²) in [5, 5.41) is 21.3. The monoisotopic (exact) mass is 420 g/mol. The first-order valence-electron chi connectivity index (χ1n) is 10.6. The molecule has 3 aliphatic rings. The molecule has 2 fully saturated rings.